The van der Waals surface area contributed by atoms with Gasteiger partial charge in [0.2, 0.25) is 0 Å². The van der Waals surface area contributed by atoms with Crippen LogP contribution in [0.1, 0.15) is 152 Å². The Balaban J connectivity index is 0.000000297. The summed E-state index contributed by atoms with van der Waals surface area (Å²) in [4.78, 5) is 28.9. The van der Waals surface area contributed by atoms with Crippen LogP contribution in [0, 0.1) is 11.8 Å². The molecule has 0 saturated carbocycles. The molecular weight excluding hydrogens is 697 g/mol. The zero-order valence-electron chi connectivity index (χ0n) is 35.7. The third kappa shape index (κ3) is 14.3. The number of carbonyl (C=O) groups excluding carboxylic acids is 2. The van der Waals surface area contributed by atoms with E-state index in [2.05, 4.69) is 56.7 Å². The van der Waals surface area contributed by atoms with Crippen LogP contribution in [0.15, 0.2) is 60.7 Å². The Morgan fingerprint density at radius 2 is 1.11 bits per heavy atom. The van der Waals surface area contributed by atoms with E-state index in [9.17, 15) is 13.8 Å². The summed E-state index contributed by atoms with van der Waals surface area (Å²) < 4.78 is 27.0. The summed E-state index contributed by atoms with van der Waals surface area (Å²) in [6.45, 7) is 27.3. The van der Waals surface area contributed by atoms with E-state index in [0.29, 0.717) is 18.4 Å². The second kappa shape index (κ2) is 18.3. The standard InChI is InChI=1S/C24H40N2O3S.C20H32N2O2/c1-22(2,3)29-21(27)26-17-18(16-24(26,7)8)14-15-20(19-12-10-9-11-13-19)25-30(28)23(4,5)6;1-19(2,3)24-18(23)22-14-15(13-20(22,4)5)11-12-17(21)16-9-7-6-8-10-16/h9-13,18,20,25H,14-17H2,1-8H3;6-10,15,17H,11-14,21H2,1-5H3/t18-,20?,30?;15-,17?/m00/s1. The van der Waals surface area contributed by atoms with Gasteiger partial charge in [0.25, 0.3) is 0 Å². The highest BCUT2D eigenvalue weighted by molar-refractivity contribution is 7.84. The molecule has 4 rings (SSSR count). The lowest BCUT2D eigenvalue weighted by molar-refractivity contribution is 0.0118. The van der Waals surface area contributed by atoms with Crippen molar-refractivity contribution in [3.63, 3.8) is 0 Å². The normalized spacial score (nSPS) is 21.4. The average molecular weight is 769 g/mol. The molecule has 2 aromatic rings. The van der Waals surface area contributed by atoms with Crippen molar-refractivity contribution in [1.29, 1.82) is 0 Å². The summed E-state index contributed by atoms with van der Waals surface area (Å²) in [5, 5.41) is 0. The molecule has 2 amide bonds. The zero-order chi connectivity index (χ0) is 40.7. The molecule has 0 aliphatic carbocycles. The Labute approximate surface area is 330 Å². The number of amides is 2. The first kappa shape index (κ1) is 45.4. The molecule has 2 aliphatic rings. The summed E-state index contributed by atoms with van der Waals surface area (Å²) in [5.74, 6) is 0.867. The first-order valence-corrected chi connectivity index (χ1v) is 21.0. The van der Waals surface area contributed by atoms with Gasteiger partial charge < -0.3 is 25.0 Å². The van der Waals surface area contributed by atoms with Gasteiger partial charge in [-0.15, -0.1) is 0 Å². The summed E-state index contributed by atoms with van der Waals surface area (Å²) in [6.07, 6.45) is 5.28. The molecule has 0 bridgehead atoms. The SMILES string of the molecule is CC(C)(C)OC(=O)N1C[C@@H](CCC(N)c2ccccc2)CC1(C)C.CC(C)(C)OC(=O)N1C[C@@H](CCC(NS(=O)C(C)(C)C)c2ccccc2)CC1(C)C. The number of nitrogens with zero attached hydrogens (tertiary/aromatic N) is 2. The van der Waals surface area contributed by atoms with Gasteiger partial charge in [-0.05, 0) is 151 Å². The van der Waals surface area contributed by atoms with E-state index in [4.69, 9.17) is 15.2 Å². The first-order chi connectivity index (χ1) is 24.8. The van der Waals surface area contributed by atoms with Crippen LogP contribution in [-0.2, 0) is 20.5 Å². The fourth-order valence-electron chi connectivity index (χ4n) is 7.41. The van der Waals surface area contributed by atoms with Gasteiger partial charge in [0.1, 0.15) is 11.2 Å². The van der Waals surface area contributed by atoms with Crippen molar-refractivity contribution in [3.05, 3.63) is 71.8 Å². The van der Waals surface area contributed by atoms with E-state index >= 15 is 0 Å². The van der Waals surface area contributed by atoms with Crippen LogP contribution in [0.25, 0.3) is 0 Å². The minimum Gasteiger partial charge on any atom is -0.444 e. The highest BCUT2D eigenvalue weighted by Crippen LogP contribution is 2.39. The second-order valence-electron chi connectivity index (χ2n) is 19.6. The van der Waals surface area contributed by atoms with Gasteiger partial charge >= 0.3 is 12.2 Å². The van der Waals surface area contributed by atoms with Crippen molar-refractivity contribution < 1.29 is 23.3 Å². The van der Waals surface area contributed by atoms with Crippen molar-refractivity contribution in [2.45, 2.75) is 168 Å². The zero-order valence-corrected chi connectivity index (χ0v) is 36.5. The lowest BCUT2D eigenvalue weighted by Gasteiger charge is -2.33. The van der Waals surface area contributed by atoms with Gasteiger partial charge in [0, 0.05) is 36.3 Å². The summed E-state index contributed by atoms with van der Waals surface area (Å²) in [7, 11) is -1.15. The maximum absolute atomic E-state index is 12.8. The molecule has 10 heteroatoms. The maximum atomic E-state index is 12.8. The molecule has 304 valence electrons. The van der Waals surface area contributed by atoms with Gasteiger partial charge in [0.05, 0.1) is 15.7 Å². The number of nitrogens with one attached hydrogen (secondary N) is 1. The molecule has 2 heterocycles. The number of ether oxygens (including phenoxy) is 2. The Kier molecular flexibility index (Phi) is 15.4. The number of likely N-dealkylation sites (tertiary alicyclic amines) is 2. The Morgan fingerprint density at radius 1 is 0.722 bits per heavy atom. The third-order valence-electron chi connectivity index (χ3n) is 10.1. The largest absolute Gasteiger partial charge is 0.444 e. The highest BCUT2D eigenvalue weighted by atomic mass is 32.2. The van der Waals surface area contributed by atoms with E-state index < -0.39 is 22.2 Å². The van der Waals surface area contributed by atoms with E-state index in [1.165, 1.54) is 5.56 Å². The fourth-order valence-corrected chi connectivity index (χ4v) is 8.27. The molecule has 3 N–H and O–H groups in total. The Bertz CT molecular complexity index is 1510. The van der Waals surface area contributed by atoms with Gasteiger partial charge in [-0.25, -0.2) is 18.5 Å². The maximum Gasteiger partial charge on any atom is 0.410 e. The third-order valence-corrected chi connectivity index (χ3v) is 11.7. The van der Waals surface area contributed by atoms with Crippen LogP contribution in [0.2, 0.25) is 0 Å². The second-order valence-corrected chi connectivity index (χ2v) is 21.6. The number of benzene rings is 2. The van der Waals surface area contributed by atoms with E-state index in [1.807, 2.05) is 109 Å². The number of rotatable bonds is 10. The lowest BCUT2D eigenvalue weighted by Crippen LogP contribution is -2.45. The monoisotopic (exact) mass is 769 g/mol. The molecule has 9 nitrogen and oxygen atoms in total. The Hall–Kier alpha value is -2.95. The summed E-state index contributed by atoms with van der Waals surface area (Å²) >= 11 is 0. The summed E-state index contributed by atoms with van der Waals surface area (Å²) in [6, 6.07) is 20.5. The molecule has 0 radical (unpaired) electrons. The predicted molar refractivity (Wildman–Crippen MR) is 222 cm³/mol. The quantitative estimate of drug-likeness (QED) is 0.249. The minimum atomic E-state index is -1.15. The fraction of sp³-hybridized carbons (Fsp3) is 0.682. The van der Waals surface area contributed by atoms with Crippen LogP contribution in [-0.4, -0.2) is 66.3 Å². The van der Waals surface area contributed by atoms with Gasteiger partial charge in [0.15, 0.2) is 0 Å². The number of nitrogens with two attached hydrogens (primary N) is 1. The van der Waals surface area contributed by atoms with Crippen LogP contribution in [0.5, 0.6) is 0 Å². The molecule has 3 unspecified atom stereocenters. The van der Waals surface area contributed by atoms with Gasteiger partial charge in [-0.1, -0.05) is 60.7 Å². The summed E-state index contributed by atoms with van der Waals surface area (Å²) in [5.41, 5.74) is 7.30. The smallest absolute Gasteiger partial charge is 0.410 e. The minimum absolute atomic E-state index is 0.0185. The van der Waals surface area contributed by atoms with Crippen molar-refractivity contribution in [3.8, 4) is 0 Å². The van der Waals surface area contributed by atoms with Crippen LogP contribution in [0.3, 0.4) is 0 Å². The Morgan fingerprint density at radius 3 is 1.50 bits per heavy atom. The number of hydrogen-bond acceptors (Lipinski definition) is 6. The molecule has 2 aliphatic heterocycles. The van der Waals surface area contributed by atoms with Crippen molar-refractivity contribution in [2.24, 2.45) is 17.6 Å². The number of carbonyl (C=O) groups is 2. The first-order valence-electron chi connectivity index (χ1n) is 19.8. The topological polar surface area (TPSA) is 114 Å². The molecular formula is C44H72N4O5S. The van der Waals surface area contributed by atoms with Gasteiger partial charge in [-0.3, -0.25) is 0 Å². The van der Waals surface area contributed by atoms with Crippen molar-refractivity contribution in [1.82, 2.24) is 14.5 Å². The van der Waals surface area contributed by atoms with E-state index in [1.54, 1.807) is 0 Å². The van der Waals surface area contributed by atoms with E-state index in [0.717, 1.165) is 50.6 Å². The molecule has 2 aromatic carbocycles. The van der Waals surface area contributed by atoms with Crippen LogP contribution >= 0.6 is 0 Å². The van der Waals surface area contributed by atoms with E-state index in [-0.39, 0.29) is 40.1 Å². The molecule has 0 aromatic heterocycles. The van der Waals surface area contributed by atoms with Crippen molar-refractivity contribution >= 4 is 23.2 Å². The number of hydrogen-bond donors (Lipinski definition) is 2. The van der Waals surface area contributed by atoms with Crippen LogP contribution in [0.4, 0.5) is 9.59 Å². The molecule has 2 saturated heterocycles. The highest BCUT2D eigenvalue weighted by Gasteiger charge is 2.44. The lowest BCUT2D eigenvalue weighted by atomic mass is 9.91. The molecule has 0 spiro atoms. The van der Waals surface area contributed by atoms with Gasteiger partial charge in [-0.2, -0.15) is 0 Å². The van der Waals surface area contributed by atoms with Crippen molar-refractivity contribution in [2.75, 3.05) is 13.1 Å². The molecule has 54 heavy (non-hydrogen) atoms. The predicted octanol–water partition coefficient (Wildman–Crippen LogP) is 10.1. The van der Waals surface area contributed by atoms with Crippen LogP contribution < -0.4 is 10.5 Å². The molecule has 2 fully saturated rings. The average Bonchev–Trinajstić information content (AvgIpc) is 3.54. The molecule has 5 atom stereocenters.